The van der Waals surface area contributed by atoms with E-state index in [2.05, 4.69) is 5.32 Å². The van der Waals surface area contributed by atoms with Crippen molar-refractivity contribution in [3.63, 3.8) is 0 Å². The molecule has 1 aliphatic rings. The van der Waals surface area contributed by atoms with E-state index in [9.17, 15) is 9.18 Å². The Balaban J connectivity index is 2.33. The van der Waals surface area contributed by atoms with Crippen LogP contribution in [0.1, 0.15) is 38.9 Å². The van der Waals surface area contributed by atoms with E-state index in [4.69, 9.17) is 0 Å². The Labute approximate surface area is 107 Å². The molecule has 0 spiro atoms. The summed E-state index contributed by atoms with van der Waals surface area (Å²) in [6.07, 6.45) is 0.657. The first-order chi connectivity index (χ1) is 8.54. The second-order valence-corrected chi connectivity index (χ2v) is 4.85. The molecule has 1 aliphatic heterocycles. The Kier molecular flexibility index (Phi) is 3.66. The summed E-state index contributed by atoms with van der Waals surface area (Å²) in [7, 11) is 0. The van der Waals surface area contributed by atoms with Crippen LogP contribution in [-0.2, 0) is 4.79 Å². The number of halogens is 1. The van der Waals surface area contributed by atoms with E-state index < -0.39 is 0 Å². The molecule has 4 heteroatoms. The molecule has 1 aromatic carbocycles. The van der Waals surface area contributed by atoms with Gasteiger partial charge in [0.15, 0.2) is 0 Å². The minimum atomic E-state index is -0.273. The lowest BCUT2D eigenvalue weighted by Crippen LogP contribution is -2.37. The van der Waals surface area contributed by atoms with Crippen LogP contribution in [0.4, 0.5) is 4.39 Å². The molecule has 0 radical (unpaired) electrons. The molecule has 1 N–H and O–H groups in total. The van der Waals surface area contributed by atoms with Gasteiger partial charge in [0, 0.05) is 6.04 Å². The van der Waals surface area contributed by atoms with Crippen molar-refractivity contribution in [1.82, 2.24) is 10.2 Å². The summed E-state index contributed by atoms with van der Waals surface area (Å²) in [6.45, 7) is 5.91. The first-order valence-corrected chi connectivity index (χ1v) is 6.38. The quantitative estimate of drug-likeness (QED) is 0.893. The van der Waals surface area contributed by atoms with Gasteiger partial charge in [-0.1, -0.05) is 19.1 Å². The van der Waals surface area contributed by atoms with Gasteiger partial charge in [0.25, 0.3) is 0 Å². The fraction of sp³-hybridized carbons (Fsp3) is 0.500. The van der Waals surface area contributed by atoms with Gasteiger partial charge in [-0.05, 0) is 38.0 Å². The minimum absolute atomic E-state index is 0.0820. The lowest BCUT2D eigenvalue weighted by molar-refractivity contribution is -0.131. The maximum atomic E-state index is 13.3. The highest BCUT2D eigenvalue weighted by atomic mass is 19.1. The predicted octanol–water partition coefficient (Wildman–Crippen LogP) is 2.44. The molecule has 0 bridgehead atoms. The highest BCUT2D eigenvalue weighted by Crippen LogP contribution is 2.28. The molecule has 18 heavy (non-hydrogen) atoms. The summed E-state index contributed by atoms with van der Waals surface area (Å²) >= 11 is 0. The van der Waals surface area contributed by atoms with Crippen LogP contribution in [0.15, 0.2) is 24.3 Å². The van der Waals surface area contributed by atoms with E-state index in [-0.39, 0.29) is 30.0 Å². The van der Waals surface area contributed by atoms with Gasteiger partial charge in [0.2, 0.25) is 5.91 Å². The number of rotatable bonds is 3. The third-order valence-corrected chi connectivity index (χ3v) is 3.54. The Morgan fingerprint density at radius 2 is 2.22 bits per heavy atom. The molecule has 0 aliphatic carbocycles. The Morgan fingerprint density at radius 3 is 2.83 bits per heavy atom. The zero-order valence-corrected chi connectivity index (χ0v) is 11.0. The smallest absolute Gasteiger partial charge is 0.241 e. The lowest BCUT2D eigenvalue weighted by atomic mass is 10.1. The van der Waals surface area contributed by atoms with E-state index in [1.807, 2.05) is 31.7 Å². The average molecular weight is 250 g/mol. The van der Waals surface area contributed by atoms with Gasteiger partial charge in [-0.2, -0.15) is 0 Å². The Morgan fingerprint density at radius 1 is 1.50 bits per heavy atom. The normalized spacial score (nSPS) is 25.6. The second-order valence-electron chi connectivity index (χ2n) is 4.85. The van der Waals surface area contributed by atoms with Gasteiger partial charge in [0.05, 0.1) is 6.04 Å². The number of nitrogens with zero attached hydrogens (tertiary/aromatic N) is 1. The standard InChI is InChI=1S/C14H19FN2O/c1-4-9(2)17-13(16-10(3)14(17)18)11-6-5-7-12(15)8-11/h5-10,13,16H,4H2,1-3H3. The number of hydrogen-bond acceptors (Lipinski definition) is 2. The van der Waals surface area contributed by atoms with Crippen molar-refractivity contribution in [3.05, 3.63) is 35.6 Å². The molecule has 1 saturated heterocycles. The highest BCUT2D eigenvalue weighted by molar-refractivity contribution is 5.84. The number of amides is 1. The van der Waals surface area contributed by atoms with Gasteiger partial charge in [0.1, 0.15) is 12.0 Å². The zero-order chi connectivity index (χ0) is 13.3. The van der Waals surface area contributed by atoms with Gasteiger partial charge >= 0.3 is 0 Å². The van der Waals surface area contributed by atoms with Crippen LogP contribution in [0, 0.1) is 5.82 Å². The van der Waals surface area contributed by atoms with Crippen molar-refractivity contribution in [2.45, 2.75) is 45.4 Å². The number of nitrogens with one attached hydrogen (secondary N) is 1. The number of carbonyl (C=O) groups is 1. The summed E-state index contributed by atoms with van der Waals surface area (Å²) in [5.41, 5.74) is 0.799. The van der Waals surface area contributed by atoms with E-state index in [0.717, 1.165) is 12.0 Å². The maximum absolute atomic E-state index is 13.3. The van der Waals surface area contributed by atoms with Crippen molar-refractivity contribution < 1.29 is 9.18 Å². The largest absolute Gasteiger partial charge is 0.319 e. The molecule has 2 rings (SSSR count). The van der Waals surface area contributed by atoms with Crippen LogP contribution in [0.25, 0.3) is 0 Å². The van der Waals surface area contributed by atoms with Crippen molar-refractivity contribution in [2.75, 3.05) is 0 Å². The SMILES string of the molecule is CCC(C)N1C(=O)C(C)NC1c1cccc(F)c1. The number of carbonyl (C=O) groups excluding carboxylic acids is 1. The van der Waals surface area contributed by atoms with Gasteiger partial charge in [-0.3, -0.25) is 10.1 Å². The maximum Gasteiger partial charge on any atom is 0.241 e. The Bertz CT molecular complexity index is 449. The molecule has 0 aromatic heterocycles. The first-order valence-electron chi connectivity index (χ1n) is 6.38. The van der Waals surface area contributed by atoms with Crippen LogP contribution >= 0.6 is 0 Å². The molecule has 1 aromatic rings. The summed E-state index contributed by atoms with van der Waals surface area (Å²) in [6, 6.07) is 6.35. The highest BCUT2D eigenvalue weighted by Gasteiger charge is 2.39. The monoisotopic (exact) mass is 250 g/mol. The molecule has 0 saturated carbocycles. The predicted molar refractivity (Wildman–Crippen MR) is 68.3 cm³/mol. The Hall–Kier alpha value is -1.42. The summed E-state index contributed by atoms with van der Waals surface area (Å²) in [5, 5.41) is 3.22. The molecule has 3 nitrogen and oxygen atoms in total. The second kappa shape index (κ2) is 5.06. The molecule has 1 fully saturated rings. The number of hydrogen-bond donors (Lipinski definition) is 1. The molecule has 1 amide bonds. The first kappa shape index (κ1) is 13.0. The minimum Gasteiger partial charge on any atom is -0.319 e. The average Bonchev–Trinajstić information content (AvgIpc) is 2.65. The fourth-order valence-electron chi connectivity index (χ4n) is 2.34. The van der Waals surface area contributed by atoms with Gasteiger partial charge in [-0.15, -0.1) is 0 Å². The summed E-state index contributed by atoms with van der Waals surface area (Å²) < 4.78 is 13.3. The molecule has 3 unspecified atom stereocenters. The third-order valence-electron chi connectivity index (χ3n) is 3.54. The van der Waals surface area contributed by atoms with E-state index in [0.29, 0.717) is 0 Å². The van der Waals surface area contributed by atoms with Crippen LogP contribution in [-0.4, -0.2) is 22.9 Å². The van der Waals surface area contributed by atoms with Crippen LogP contribution in [0.5, 0.6) is 0 Å². The van der Waals surface area contributed by atoms with Crippen molar-refractivity contribution >= 4 is 5.91 Å². The molecular weight excluding hydrogens is 231 g/mol. The third kappa shape index (κ3) is 2.25. The summed E-state index contributed by atoms with van der Waals surface area (Å²) in [5.74, 6) is -0.191. The molecular formula is C14H19FN2O. The van der Waals surface area contributed by atoms with E-state index in [1.165, 1.54) is 12.1 Å². The zero-order valence-electron chi connectivity index (χ0n) is 11.0. The van der Waals surface area contributed by atoms with E-state index in [1.54, 1.807) is 6.07 Å². The topological polar surface area (TPSA) is 32.3 Å². The summed E-state index contributed by atoms with van der Waals surface area (Å²) in [4.78, 5) is 14.0. The van der Waals surface area contributed by atoms with Crippen molar-refractivity contribution in [2.24, 2.45) is 0 Å². The fourth-order valence-corrected chi connectivity index (χ4v) is 2.34. The molecule has 98 valence electrons. The van der Waals surface area contributed by atoms with Crippen molar-refractivity contribution in [3.8, 4) is 0 Å². The van der Waals surface area contributed by atoms with Crippen molar-refractivity contribution in [1.29, 1.82) is 0 Å². The lowest BCUT2D eigenvalue weighted by Gasteiger charge is -2.30. The number of benzene rings is 1. The van der Waals surface area contributed by atoms with Crippen LogP contribution in [0.3, 0.4) is 0 Å². The van der Waals surface area contributed by atoms with Crippen LogP contribution in [0.2, 0.25) is 0 Å². The van der Waals surface area contributed by atoms with Gasteiger partial charge < -0.3 is 4.90 Å². The molecule has 1 heterocycles. The van der Waals surface area contributed by atoms with Crippen LogP contribution < -0.4 is 5.32 Å². The van der Waals surface area contributed by atoms with E-state index >= 15 is 0 Å². The molecule has 3 atom stereocenters. The van der Waals surface area contributed by atoms with Gasteiger partial charge in [-0.25, -0.2) is 4.39 Å².